The molecule has 18 heavy (non-hydrogen) atoms. The Labute approximate surface area is 115 Å². The highest BCUT2D eigenvalue weighted by molar-refractivity contribution is 6.21. The summed E-state index contributed by atoms with van der Waals surface area (Å²) in [5, 5.41) is 0.0774. The molecule has 100 valence electrons. The van der Waals surface area contributed by atoms with Crippen molar-refractivity contribution >= 4 is 11.6 Å². The molecule has 1 saturated heterocycles. The maximum atomic E-state index is 6.75. The van der Waals surface area contributed by atoms with Gasteiger partial charge in [0.1, 0.15) is 0 Å². The van der Waals surface area contributed by atoms with Gasteiger partial charge in [-0.25, -0.2) is 0 Å². The van der Waals surface area contributed by atoms with E-state index in [1.807, 2.05) is 0 Å². The predicted molar refractivity (Wildman–Crippen MR) is 77.5 cm³/mol. The molecule has 3 unspecified atom stereocenters. The molecule has 1 aliphatic heterocycles. The van der Waals surface area contributed by atoms with E-state index in [0.717, 1.165) is 13.0 Å². The Hall–Kier alpha value is -0.530. The van der Waals surface area contributed by atoms with Gasteiger partial charge in [0, 0.05) is 5.92 Å². The third-order valence-corrected chi connectivity index (χ3v) is 4.92. The molecule has 2 heteroatoms. The lowest BCUT2D eigenvalue weighted by Gasteiger charge is -2.23. The molecule has 1 aromatic rings. The minimum absolute atomic E-state index is 0.0774. The number of ether oxygens (including phenoxy) is 1. The van der Waals surface area contributed by atoms with Crippen LogP contribution < -0.4 is 0 Å². The molecule has 0 saturated carbocycles. The zero-order valence-electron chi connectivity index (χ0n) is 12.0. The van der Waals surface area contributed by atoms with Gasteiger partial charge in [-0.15, -0.1) is 11.6 Å². The Bertz CT molecular complexity index is 427. The number of halogens is 1. The number of alkyl halides is 1. The summed E-state index contributed by atoms with van der Waals surface area (Å²) in [5.41, 5.74) is 6.70. The number of rotatable bonds is 2. The molecular formula is C16H23ClO. The Kier molecular flexibility index (Phi) is 4.03. The Morgan fingerprint density at radius 2 is 1.72 bits per heavy atom. The van der Waals surface area contributed by atoms with E-state index in [0.29, 0.717) is 12.0 Å². The summed E-state index contributed by atoms with van der Waals surface area (Å²) in [6, 6.07) is 2.26. The quantitative estimate of drug-likeness (QED) is 0.710. The molecule has 2 rings (SSSR count). The summed E-state index contributed by atoms with van der Waals surface area (Å²) < 4.78 is 5.66. The van der Waals surface area contributed by atoms with Gasteiger partial charge in [0.05, 0.1) is 18.1 Å². The Morgan fingerprint density at radius 3 is 2.17 bits per heavy atom. The van der Waals surface area contributed by atoms with E-state index in [-0.39, 0.29) is 5.38 Å². The highest BCUT2D eigenvalue weighted by atomic mass is 35.5. The van der Waals surface area contributed by atoms with Gasteiger partial charge in [0.2, 0.25) is 0 Å². The molecule has 3 atom stereocenters. The first-order valence-electron chi connectivity index (χ1n) is 6.74. The second-order valence-corrected chi connectivity index (χ2v) is 6.19. The minimum atomic E-state index is 0.0774. The van der Waals surface area contributed by atoms with Crippen LogP contribution in [0.2, 0.25) is 0 Å². The smallest absolute Gasteiger partial charge is 0.0641 e. The van der Waals surface area contributed by atoms with Crippen LogP contribution in [0.4, 0.5) is 0 Å². The van der Waals surface area contributed by atoms with Gasteiger partial charge in [0.25, 0.3) is 0 Å². The van der Waals surface area contributed by atoms with Crippen molar-refractivity contribution in [3.63, 3.8) is 0 Å². The van der Waals surface area contributed by atoms with Crippen molar-refractivity contribution in [2.45, 2.75) is 52.5 Å². The molecule has 0 aromatic heterocycles. The van der Waals surface area contributed by atoms with E-state index in [1.54, 1.807) is 0 Å². The van der Waals surface area contributed by atoms with Crippen LogP contribution >= 0.6 is 11.6 Å². The zero-order valence-corrected chi connectivity index (χ0v) is 12.8. The standard InChI is InChI=1S/C16H23ClO/c1-9-6-10(2)13(5)15(12(9)4)16(17)14-7-11(3)18-8-14/h6,11,14,16H,7-8H2,1-5H3. The van der Waals surface area contributed by atoms with Gasteiger partial charge in [-0.05, 0) is 68.9 Å². The van der Waals surface area contributed by atoms with Crippen molar-refractivity contribution in [2.75, 3.05) is 6.61 Å². The summed E-state index contributed by atoms with van der Waals surface area (Å²) in [6.07, 6.45) is 1.42. The van der Waals surface area contributed by atoms with Crippen LogP contribution in [0.25, 0.3) is 0 Å². The fraction of sp³-hybridized carbons (Fsp3) is 0.625. The van der Waals surface area contributed by atoms with Crippen LogP contribution in [-0.2, 0) is 4.74 Å². The van der Waals surface area contributed by atoms with Crippen LogP contribution in [0.5, 0.6) is 0 Å². The second-order valence-electron chi connectivity index (χ2n) is 5.72. The number of hydrogen-bond acceptors (Lipinski definition) is 1. The van der Waals surface area contributed by atoms with Crippen LogP contribution in [0, 0.1) is 33.6 Å². The molecule has 0 aliphatic carbocycles. The van der Waals surface area contributed by atoms with E-state index >= 15 is 0 Å². The van der Waals surface area contributed by atoms with E-state index in [4.69, 9.17) is 16.3 Å². The average Bonchev–Trinajstić information content (AvgIpc) is 2.73. The topological polar surface area (TPSA) is 9.23 Å². The largest absolute Gasteiger partial charge is 0.378 e. The molecule has 1 heterocycles. The molecule has 0 bridgehead atoms. The second kappa shape index (κ2) is 5.22. The zero-order chi connectivity index (χ0) is 13.4. The summed E-state index contributed by atoms with van der Waals surface area (Å²) >= 11 is 6.75. The fourth-order valence-electron chi connectivity index (χ4n) is 2.95. The first-order chi connectivity index (χ1) is 8.41. The molecule has 0 amide bonds. The lowest BCUT2D eigenvalue weighted by molar-refractivity contribution is 0.119. The first-order valence-corrected chi connectivity index (χ1v) is 7.18. The fourth-order valence-corrected chi connectivity index (χ4v) is 3.45. The van der Waals surface area contributed by atoms with Crippen molar-refractivity contribution in [1.82, 2.24) is 0 Å². The summed E-state index contributed by atoms with van der Waals surface area (Å²) in [5.74, 6) is 0.445. The van der Waals surface area contributed by atoms with Crippen molar-refractivity contribution in [1.29, 1.82) is 0 Å². The highest BCUT2D eigenvalue weighted by Crippen LogP contribution is 2.40. The number of aryl methyl sites for hydroxylation is 2. The normalized spacial score (nSPS) is 25.4. The predicted octanol–water partition coefficient (Wildman–Crippen LogP) is 4.63. The van der Waals surface area contributed by atoms with Gasteiger partial charge in [-0.1, -0.05) is 6.07 Å². The van der Waals surface area contributed by atoms with E-state index in [9.17, 15) is 0 Å². The molecule has 1 aromatic carbocycles. The number of benzene rings is 1. The monoisotopic (exact) mass is 266 g/mol. The summed E-state index contributed by atoms with van der Waals surface area (Å²) in [4.78, 5) is 0. The molecular weight excluding hydrogens is 244 g/mol. The summed E-state index contributed by atoms with van der Waals surface area (Å²) in [7, 11) is 0. The van der Waals surface area contributed by atoms with Crippen LogP contribution in [0.1, 0.15) is 46.5 Å². The van der Waals surface area contributed by atoms with E-state index < -0.39 is 0 Å². The first kappa shape index (κ1) is 13.9. The maximum absolute atomic E-state index is 6.75. The summed E-state index contributed by atoms with van der Waals surface area (Å²) in [6.45, 7) is 11.6. The molecule has 0 radical (unpaired) electrons. The molecule has 0 N–H and O–H groups in total. The molecule has 1 aliphatic rings. The Morgan fingerprint density at radius 1 is 1.17 bits per heavy atom. The SMILES string of the molecule is Cc1cc(C)c(C)c(C(Cl)C2COC(C)C2)c1C. The minimum Gasteiger partial charge on any atom is -0.378 e. The van der Waals surface area contributed by atoms with Gasteiger partial charge in [-0.3, -0.25) is 0 Å². The van der Waals surface area contributed by atoms with Crippen molar-refractivity contribution in [2.24, 2.45) is 5.92 Å². The molecule has 1 nitrogen and oxygen atoms in total. The van der Waals surface area contributed by atoms with Crippen LogP contribution in [0.3, 0.4) is 0 Å². The highest BCUT2D eigenvalue weighted by Gasteiger charge is 2.31. The van der Waals surface area contributed by atoms with Gasteiger partial charge >= 0.3 is 0 Å². The van der Waals surface area contributed by atoms with Gasteiger partial charge in [-0.2, -0.15) is 0 Å². The Balaban J connectivity index is 2.38. The lowest BCUT2D eigenvalue weighted by Crippen LogP contribution is -2.12. The maximum Gasteiger partial charge on any atom is 0.0641 e. The van der Waals surface area contributed by atoms with E-state index in [1.165, 1.54) is 27.8 Å². The molecule has 1 fully saturated rings. The lowest BCUT2D eigenvalue weighted by atomic mass is 9.87. The number of hydrogen-bond donors (Lipinski definition) is 0. The van der Waals surface area contributed by atoms with Crippen molar-refractivity contribution in [3.8, 4) is 0 Å². The van der Waals surface area contributed by atoms with Gasteiger partial charge < -0.3 is 4.74 Å². The van der Waals surface area contributed by atoms with Crippen LogP contribution in [-0.4, -0.2) is 12.7 Å². The van der Waals surface area contributed by atoms with E-state index in [2.05, 4.69) is 40.7 Å². The van der Waals surface area contributed by atoms with Gasteiger partial charge in [0.15, 0.2) is 0 Å². The third kappa shape index (κ3) is 2.44. The molecule has 0 spiro atoms. The van der Waals surface area contributed by atoms with Crippen molar-refractivity contribution in [3.05, 3.63) is 33.9 Å². The van der Waals surface area contributed by atoms with Crippen molar-refractivity contribution < 1.29 is 4.74 Å². The average molecular weight is 267 g/mol. The third-order valence-electron chi connectivity index (χ3n) is 4.34. The van der Waals surface area contributed by atoms with Crippen LogP contribution in [0.15, 0.2) is 6.07 Å².